The molecular formula is C24H19NO5. The summed E-state index contributed by atoms with van der Waals surface area (Å²) in [5, 5.41) is 2.84. The van der Waals surface area contributed by atoms with Gasteiger partial charge in [-0.05, 0) is 42.0 Å². The van der Waals surface area contributed by atoms with Crippen LogP contribution in [0.1, 0.15) is 21.5 Å². The van der Waals surface area contributed by atoms with Crippen molar-refractivity contribution >= 4 is 29.2 Å². The average Bonchev–Trinajstić information content (AvgIpc) is 3.08. The first-order valence-electron chi connectivity index (χ1n) is 9.26. The number of carbonyl (C=O) groups is 2. The second kappa shape index (κ2) is 8.13. The standard InChI is InChI=1S/C24H19NO5/c1-28-21-13-18-19(23(26)25-20(18)14-22(21)29-2)12-15-8-10-17(11-9-15)30-24(27)16-6-4-3-5-7-16/h3-14H,1-2H3,(H,25,26). The molecule has 1 aliphatic rings. The maximum absolute atomic E-state index is 12.5. The molecule has 3 aromatic carbocycles. The number of fused-ring (bicyclic) bond motifs is 1. The zero-order chi connectivity index (χ0) is 21.1. The molecule has 0 spiro atoms. The molecule has 6 nitrogen and oxygen atoms in total. The SMILES string of the molecule is COc1cc2c(cc1OC)C(=Cc1ccc(OC(=O)c3ccccc3)cc1)C(=O)N2. The maximum Gasteiger partial charge on any atom is 0.343 e. The Morgan fingerprint density at radius 1 is 0.900 bits per heavy atom. The van der Waals surface area contributed by atoms with Gasteiger partial charge in [-0.15, -0.1) is 0 Å². The van der Waals surface area contributed by atoms with Crippen LogP contribution in [0.3, 0.4) is 0 Å². The zero-order valence-electron chi connectivity index (χ0n) is 16.5. The smallest absolute Gasteiger partial charge is 0.343 e. The number of ether oxygens (including phenoxy) is 3. The Hall–Kier alpha value is -4.06. The van der Waals surface area contributed by atoms with Crippen molar-refractivity contribution in [1.82, 2.24) is 0 Å². The summed E-state index contributed by atoms with van der Waals surface area (Å²) < 4.78 is 16.0. The van der Waals surface area contributed by atoms with Gasteiger partial charge in [0.05, 0.1) is 25.5 Å². The molecule has 0 fully saturated rings. The number of carbonyl (C=O) groups excluding carboxylic acids is 2. The van der Waals surface area contributed by atoms with Crippen LogP contribution in [0, 0.1) is 0 Å². The third-order valence-corrected chi connectivity index (χ3v) is 4.72. The number of benzene rings is 3. The van der Waals surface area contributed by atoms with Crippen LogP contribution in [0.15, 0.2) is 66.7 Å². The average molecular weight is 401 g/mol. The van der Waals surface area contributed by atoms with E-state index in [1.807, 2.05) is 6.07 Å². The first-order chi connectivity index (χ1) is 14.6. The number of nitrogens with one attached hydrogen (secondary N) is 1. The van der Waals surface area contributed by atoms with E-state index in [4.69, 9.17) is 14.2 Å². The monoisotopic (exact) mass is 401 g/mol. The van der Waals surface area contributed by atoms with Crippen LogP contribution in [0.4, 0.5) is 5.69 Å². The van der Waals surface area contributed by atoms with Gasteiger partial charge in [0.2, 0.25) is 0 Å². The molecule has 0 unspecified atom stereocenters. The lowest BCUT2D eigenvalue weighted by molar-refractivity contribution is -0.110. The van der Waals surface area contributed by atoms with Crippen LogP contribution in [-0.2, 0) is 4.79 Å². The van der Waals surface area contributed by atoms with Crippen molar-refractivity contribution in [3.05, 3.63) is 83.4 Å². The molecule has 0 aromatic heterocycles. The molecule has 0 bridgehead atoms. The molecule has 4 rings (SSSR count). The number of esters is 1. The van der Waals surface area contributed by atoms with Gasteiger partial charge in [0.15, 0.2) is 11.5 Å². The van der Waals surface area contributed by atoms with E-state index in [0.29, 0.717) is 34.1 Å². The molecule has 0 atom stereocenters. The van der Waals surface area contributed by atoms with E-state index in [2.05, 4.69) is 5.32 Å². The van der Waals surface area contributed by atoms with Crippen LogP contribution >= 0.6 is 0 Å². The highest BCUT2D eigenvalue weighted by Crippen LogP contribution is 2.41. The normalized spacial score (nSPS) is 13.5. The summed E-state index contributed by atoms with van der Waals surface area (Å²) in [6.07, 6.45) is 1.77. The summed E-state index contributed by atoms with van der Waals surface area (Å²) >= 11 is 0. The number of hydrogen-bond acceptors (Lipinski definition) is 5. The van der Waals surface area contributed by atoms with Crippen LogP contribution in [0.25, 0.3) is 11.6 Å². The minimum atomic E-state index is -0.424. The summed E-state index contributed by atoms with van der Waals surface area (Å²) in [7, 11) is 3.09. The number of anilines is 1. The fourth-order valence-electron chi connectivity index (χ4n) is 3.20. The molecule has 1 aliphatic heterocycles. The number of methoxy groups -OCH3 is 2. The second-order valence-electron chi connectivity index (χ2n) is 6.59. The van der Waals surface area contributed by atoms with Crippen LogP contribution in [0.5, 0.6) is 17.2 Å². The van der Waals surface area contributed by atoms with Gasteiger partial charge in [0, 0.05) is 17.2 Å². The van der Waals surface area contributed by atoms with Gasteiger partial charge in [0.1, 0.15) is 5.75 Å². The largest absolute Gasteiger partial charge is 0.493 e. The van der Waals surface area contributed by atoms with E-state index in [0.717, 1.165) is 11.1 Å². The van der Waals surface area contributed by atoms with Gasteiger partial charge in [-0.3, -0.25) is 4.79 Å². The predicted octanol–water partition coefficient (Wildman–Crippen LogP) is 4.42. The highest BCUT2D eigenvalue weighted by atomic mass is 16.5. The van der Waals surface area contributed by atoms with Crippen LogP contribution in [-0.4, -0.2) is 26.1 Å². The van der Waals surface area contributed by atoms with E-state index >= 15 is 0 Å². The lowest BCUT2D eigenvalue weighted by Crippen LogP contribution is -2.07. The predicted molar refractivity (Wildman–Crippen MR) is 114 cm³/mol. The van der Waals surface area contributed by atoms with Crippen molar-refractivity contribution < 1.29 is 23.8 Å². The molecule has 1 heterocycles. The Bertz CT molecular complexity index is 1130. The van der Waals surface area contributed by atoms with Crippen molar-refractivity contribution in [2.45, 2.75) is 0 Å². The number of rotatable bonds is 5. The third kappa shape index (κ3) is 3.75. The Balaban J connectivity index is 1.57. The van der Waals surface area contributed by atoms with Gasteiger partial charge in [-0.1, -0.05) is 30.3 Å². The van der Waals surface area contributed by atoms with Crippen LogP contribution in [0.2, 0.25) is 0 Å². The Morgan fingerprint density at radius 3 is 2.23 bits per heavy atom. The van der Waals surface area contributed by atoms with Gasteiger partial charge in [-0.25, -0.2) is 4.79 Å². The molecule has 6 heteroatoms. The molecular weight excluding hydrogens is 382 g/mol. The Morgan fingerprint density at radius 2 is 1.57 bits per heavy atom. The highest BCUT2D eigenvalue weighted by molar-refractivity contribution is 6.35. The first-order valence-corrected chi connectivity index (χ1v) is 9.26. The lowest BCUT2D eigenvalue weighted by atomic mass is 10.0. The molecule has 0 saturated heterocycles. The van der Waals surface area contributed by atoms with E-state index in [9.17, 15) is 9.59 Å². The number of hydrogen-bond donors (Lipinski definition) is 1. The molecule has 30 heavy (non-hydrogen) atoms. The minimum Gasteiger partial charge on any atom is -0.493 e. The number of amides is 1. The summed E-state index contributed by atoms with van der Waals surface area (Å²) in [4.78, 5) is 24.6. The fourth-order valence-corrected chi connectivity index (χ4v) is 3.20. The molecule has 1 N–H and O–H groups in total. The quantitative estimate of drug-likeness (QED) is 0.389. The van der Waals surface area contributed by atoms with Gasteiger partial charge < -0.3 is 19.5 Å². The van der Waals surface area contributed by atoms with E-state index in [1.165, 1.54) is 0 Å². The molecule has 150 valence electrons. The summed E-state index contributed by atoms with van der Waals surface area (Å²) in [6, 6.07) is 19.2. The van der Waals surface area contributed by atoms with E-state index in [-0.39, 0.29) is 5.91 Å². The minimum absolute atomic E-state index is 0.208. The second-order valence-corrected chi connectivity index (χ2v) is 6.59. The van der Waals surface area contributed by atoms with Crippen molar-refractivity contribution in [3.8, 4) is 17.2 Å². The Kier molecular flexibility index (Phi) is 5.22. The first kappa shape index (κ1) is 19.3. The van der Waals surface area contributed by atoms with Crippen LogP contribution < -0.4 is 19.5 Å². The van der Waals surface area contributed by atoms with E-state index < -0.39 is 5.97 Å². The van der Waals surface area contributed by atoms with Crippen molar-refractivity contribution in [3.63, 3.8) is 0 Å². The highest BCUT2D eigenvalue weighted by Gasteiger charge is 2.26. The fraction of sp³-hybridized carbons (Fsp3) is 0.0833. The van der Waals surface area contributed by atoms with Crippen molar-refractivity contribution in [2.75, 3.05) is 19.5 Å². The molecule has 1 amide bonds. The molecule has 0 aliphatic carbocycles. The van der Waals surface area contributed by atoms with Crippen molar-refractivity contribution in [1.29, 1.82) is 0 Å². The molecule has 3 aromatic rings. The lowest BCUT2D eigenvalue weighted by Gasteiger charge is -2.09. The van der Waals surface area contributed by atoms with Crippen molar-refractivity contribution in [2.24, 2.45) is 0 Å². The van der Waals surface area contributed by atoms with Gasteiger partial charge >= 0.3 is 5.97 Å². The zero-order valence-corrected chi connectivity index (χ0v) is 16.5. The molecule has 0 radical (unpaired) electrons. The molecule has 0 saturated carbocycles. The summed E-state index contributed by atoms with van der Waals surface area (Å²) in [5.41, 5.74) is 3.18. The summed E-state index contributed by atoms with van der Waals surface area (Å²) in [5.74, 6) is 0.879. The summed E-state index contributed by atoms with van der Waals surface area (Å²) in [6.45, 7) is 0. The van der Waals surface area contributed by atoms with Gasteiger partial charge in [-0.2, -0.15) is 0 Å². The maximum atomic E-state index is 12.5. The van der Waals surface area contributed by atoms with E-state index in [1.54, 1.807) is 81.0 Å². The Labute approximate surface area is 173 Å². The van der Waals surface area contributed by atoms with Gasteiger partial charge in [0.25, 0.3) is 5.91 Å². The third-order valence-electron chi connectivity index (χ3n) is 4.72. The topological polar surface area (TPSA) is 73.9 Å².